The van der Waals surface area contributed by atoms with Gasteiger partial charge in [0, 0.05) is 29.0 Å². The molecule has 0 aromatic heterocycles. The number of hydrogen-bond acceptors (Lipinski definition) is 4. The van der Waals surface area contributed by atoms with Crippen LogP contribution in [0.3, 0.4) is 0 Å². The lowest BCUT2D eigenvalue weighted by Crippen LogP contribution is -2.36. The number of ether oxygens (including phenoxy) is 2. The predicted molar refractivity (Wildman–Crippen MR) is 106 cm³/mol. The van der Waals surface area contributed by atoms with Crippen LogP contribution in [0.1, 0.15) is 42.5 Å². The molecule has 2 aromatic rings. The number of benzene rings is 2. The maximum atomic E-state index is 12.3. The number of fused-ring (bicyclic) bond motifs is 1. The molecule has 1 aliphatic heterocycles. The van der Waals surface area contributed by atoms with E-state index >= 15 is 0 Å². The van der Waals surface area contributed by atoms with Gasteiger partial charge in [0.2, 0.25) is 6.79 Å². The SMILES string of the molecule is O=C(Nc1ccc(C(=O)NC2CCCCC2)cc1)Nc1ccc2c(c1)OCO2. The zero-order chi connectivity index (χ0) is 19.3. The normalized spacial score (nSPS) is 15.7. The van der Waals surface area contributed by atoms with Crippen molar-refractivity contribution in [2.75, 3.05) is 17.4 Å². The number of carbonyl (C=O) groups is 2. The summed E-state index contributed by atoms with van der Waals surface area (Å²) in [7, 11) is 0. The van der Waals surface area contributed by atoms with Crippen molar-refractivity contribution < 1.29 is 19.1 Å². The second-order valence-electron chi connectivity index (χ2n) is 7.03. The predicted octanol–water partition coefficient (Wildman–Crippen LogP) is 4.12. The van der Waals surface area contributed by atoms with Crippen LogP contribution in [0.15, 0.2) is 42.5 Å². The Bertz CT molecular complexity index is 860. The molecule has 0 spiro atoms. The van der Waals surface area contributed by atoms with Crippen molar-refractivity contribution >= 4 is 23.3 Å². The van der Waals surface area contributed by atoms with Gasteiger partial charge in [-0.2, -0.15) is 0 Å². The third kappa shape index (κ3) is 4.36. The zero-order valence-corrected chi connectivity index (χ0v) is 15.5. The van der Waals surface area contributed by atoms with E-state index in [0.29, 0.717) is 28.4 Å². The number of hydrogen-bond donors (Lipinski definition) is 3. The summed E-state index contributed by atoms with van der Waals surface area (Å²) in [6.45, 7) is 0.186. The molecule has 1 fully saturated rings. The number of rotatable bonds is 4. The molecular weight excluding hydrogens is 358 g/mol. The van der Waals surface area contributed by atoms with Crippen LogP contribution in [0, 0.1) is 0 Å². The lowest BCUT2D eigenvalue weighted by Gasteiger charge is -2.22. The topological polar surface area (TPSA) is 88.7 Å². The monoisotopic (exact) mass is 381 g/mol. The van der Waals surface area contributed by atoms with E-state index in [9.17, 15) is 9.59 Å². The molecule has 2 aromatic carbocycles. The summed E-state index contributed by atoms with van der Waals surface area (Å²) < 4.78 is 10.5. The minimum absolute atomic E-state index is 0.0664. The number of amides is 3. The van der Waals surface area contributed by atoms with Crippen LogP contribution >= 0.6 is 0 Å². The Morgan fingerprint density at radius 2 is 1.50 bits per heavy atom. The van der Waals surface area contributed by atoms with Crippen LogP contribution in [0.25, 0.3) is 0 Å². The average molecular weight is 381 g/mol. The van der Waals surface area contributed by atoms with Crippen molar-refractivity contribution in [3.63, 3.8) is 0 Å². The van der Waals surface area contributed by atoms with Gasteiger partial charge < -0.3 is 25.4 Å². The third-order valence-electron chi connectivity index (χ3n) is 4.98. The van der Waals surface area contributed by atoms with E-state index < -0.39 is 0 Å². The first-order valence-electron chi connectivity index (χ1n) is 9.56. The Kier molecular flexibility index (Phi) is 5.32. The highest BCUT2D eigenvalue weighted by molar-refractivity contribution is 6.00. The quantitative estimate of drug-likeness (QED) is 0.743. The molecular formula is C21H23N3O4. The Morgan fingerprint density at radius 3 is 2.29 bits per heavy atom. The van der Waals surface area contributed by atoms with E-state index in [1.54, 1.807) is 42.5 Å². The minimum atomic E-state index is -0.377. The van der Waals surface area contributed by atoms with Gasteiger partial charge in [-0.15, -0.1) is 0 Å². The third-order valence-corrected chi connectivity index (χ3v) is 4.98. The summed E-state index contributed by atoms with van der Waals surface area (Å²) in [5, 5.41) is 8.59. The summed E-state index contributed by atoms with van der Waals surface area (Å²) in [4.78, 5) is 24.5. The molecule has 1 aliphatic carbocycles. The molecule has 146 valence electrons. The first kappa shape index (κ1) is 18.2. The second-order valence-corrected chi connectivity index (χ2v) is 7.03. The highest BCUT2D eigenvalue weighted by Crippen LogP contribution is 2.34. The molecule has 1 saturated carbocycles. The maximum absolute atomic E-state index is 12.3. The molecule has 0 atom stereocenters. The fourth-order valence-electron chi connectivity index (χ4n) is 3.49. The molecule has 7 heteroatoms. The summed E-state index contributed by atoms with van der Waals surface area (Å²) in [5.74, 6) is 1.20. The van der Waals surface area contributed by atoms with Gasteiger partial charge in [0.15, 0.2) is 11.5 Å². The van der Waals surface area contributed by atoms with Crippen molar-refractivity contribution in [3.05, 3.63) is 48.0 Å². The highest BCUT2D eigenvalue weighted by atomic mass is 16.7. The van der Waals surface area contributed by atoms with Crippen molar-refractivity contribution in [3.8, 4) is 11.5 Å². The van der Waals surface area contributed by atoms with Gasteiger partial charge in [-0.3, -0.25) is 4.79 Å². The van der Waals surface area contributed by atoms with Crippen LogP contribution in [0.2, 0.25) is 0 Å². The number of anilines is 2. The first-order valence-corrected chi connectivity index (χ1v) is 9.56. The standard InChI is InChI=1S/C21H23N3O4/c25-20(22-15-4-2-1-3-5-15)14-6-8-16(9-7-14)23-21(26)24-17-10-11-18-19(12-17)28-13-27-18/h6-12,15H,1-5,13H2,(H,22,25)(H2,23,24,26). The van der Waals surface area contributed by atoms with Gasteiger partial charge in [-0.25, -0.2) is 4.79 Å². The molecule has 2 aliphatic rings. The van der Waals surface area contributed by atoms with Crippen molar-refractivity contribution in [2.45, 2.75) is 38.1 Å². The van der Waals surface area contributed by atoms with Crippen molar-refractivity contribution in [1.29, 1.82) is 0 Å². The highest BCUT2D eigenvalue weighted by Gasteiger charge is 2.17. The van der Waals surface area contributed by atoms with Gasteiger partial charge in [0.1, 0.15) is 0 Å². The Balaban J connectivity index is 1.31. The van der Waals surface area contributed by atoms with E-state index in [-0.39, 0.29) is 24.8 Å². The molecule has 7 nitrogen and oxygen atoms in total. The zero-order valence-electron chi connectivity index (χ0n) is 15.5. The molecule has 28 heavy (non-hydrogen) atoms. The van der Waals surface area contributed by atoms with Gasteiger partial charge in [-0.05, 0) is 49.2 Å². The van der Waals surface area contributed by atoms with Gasteiger partial charge in [0.25, 0.3) is 5.91 Å². The molecule has 4 rings (SSSR count). The van der Waals surface area contributed by atoms with Crippen LogP contribution < -0.4 is 25.4 Å². The minimum Gasteiger partial charge on any atom is -0.454 e. The molecule has 3 N–H and O–H groups in total. The van der Waals surface area contributed by atoms with E-state index in [1.165, 1.54) is 19.3 Å². The summed E-state index contributed by atoms with van der Waals surface area (Å²) >= 11 is 0. The summed E-state index contributed by atoms with van der Waals surface area (Å²) in [6, 6.07) is 12.0. The average Bonchev–Trinajstić information content (AvgIpc) is 3.17. The summed E-state index contributed by atoms with van der Waals surface area (Å²) in [6.07, 6.45) is 5.69. The molecule has 0 saturated heterocycles. The van der Waals surface area contributed by atoms with E-state index in [1.807, 2.05) is 0 Å². The van der Waals surface area contributed by atoms with Crippen molar-refractivity contribution in [2.24, 2.45) is 0 Å². The van der Waals surface area contributed by atoms with Crippen molar-refractivity contribution in [1.82, 2.24) is 5.32 Å². The van der Waals surface area contributed by atoms with Gasteiger partial charge >= 0.3 is 6.03 Å². The Hall–Kier alpha value is -3.22. The van der Waals surface area contributed by atoms with Crippen LogP contribution in [-0.2, 0) is 0 Å². The van der Waals surface area contributed by atoms with Gasteiger partial charge in [0.05, 0.1) is 0 Å². The smallest absolute Gasteiger partial charge is 0.323 e. The maximum Gasteiger partial charge on any atom is 0.323 e. The van der Waals surface area contributed by atoms with E-state index in [4.69, 9.17) is 9.47 Å². The molecule has 1 heterocycles. The Labute approximate surface area is 163 Å². The number of nitrogens with one attached hydrogen (secondary N) is 3. The number of carbonyl (C=O) groups excluding carboxylic acids is 2. The van der Waals surface area contributed by atoms with Crippen LogP contribution in [0.5, 0.6) is 11.5 Å². The fraction of sp³-hybridized carbons (Fsp3) is 0.333. The molecule has 3 amide bonds. The first-order chi connectivity index (χ1) is 13.7. The molecule has 0 bridgehead atoms. The largest absolute Gasteiger partial charge is 0.454 e. The Morgan fingerprint density at radius 1 is 0.821 bits per heavy atom. The van der Waals surface area contributed by atoms with E-state index in [2.05, 4.69) is 16.0 Å². The number of urea groups is 1. The van der Waals surface area contributed by atoms with Gasteiger partial charge in [-0.1, -0.05) is 19.3 Å². The van der Waals surface area contributed by atoms with Crippen LogP contribution in [0.4, 0.5) is 16.2 Å². The summed E-state index contributed by atoms with van der Waals surface area (Å²) in [5.41, 5.74) is 1.80. The lowest BCUT2D eigenvalue weighted by molar-refractivity contribution is 0.0927. The molecule has 0 unspecified atom stereocenters. The van der Waals surface area contributed by atoms with Crippen LogP contribution in [-0.4, -0.2) is 24.8 Å². The fourth-order valence-corrected chi connectivity index (χ4v) is 3.49. The molecule has 0 radical (unpaired) electrons. The second kappa shape index (κ2) is 8.21. The van der Waals surface area contributed by atoms with E-state index in [0.717, 1.165) is 12.8 Å². The lowest BCUT2D eigenvalue weighted by atomic mass is 9.95.